The maximum atomic E-state index is 12.5. The summed E-state index contributed by atoms with van der Waals surface area (Å²) in [4.78, 5) is 37.3. The van der Waals surface area contributed by atoms with Crippen LogP contribution in [0.3, 0.4) is 0 Å². The molecule has 1 heterocycles. The summed E-state index contributed by atoms with van der Waals surface area (Å²) < 4.78 is 5.99. The van der Waals surface area contributed by atoms with E-state index in [2.05, 4.69) is 0 Å². The molecule has 1 aliphatic carbocycles. The Labute approximate surface area is 133 Å². The average molecular weight is 319 g/mol. The van der Waals surface area contributed by atoms with Gasteiger partial charge in [-0.3, -0.25) is 9.59 Å². The van der Waals surface area contributed by atoms with Crippen LogP contribution < -0.4 is 0 Å². The number of imide groups is 1. The number of benzene rings is 1. The number of carbonyl (C=O) groups excluding carboxylic acids is 3. The van der Waals surface area contributed by atoms with E-state index in [9.17, 15) is 14.4 Å². The largest absolute Gasteiger partial charge is 0.465 e. The minimum atomic E-state index is -0.473. The smallest absolute Gasteiger partial charge is 0.339 e. The van der Waals surface area contributed by atoms with Gasteiger partial charge in [0, 0.05) is 4.90 Å². The van der Waals surface area contributed by atoms with Crippen molar-refractivity contribution in [2.45, 2.75) is 30.6 Å². The van der Waals surface area contributed by atoms with Gasteiger partial charge in [0.05, 0.1) is 24.5 Å². The SMILES string of the molecule is COC(=O)c1ccccc1SN1C(=O)C2CCCCC2C1=O. The molecule has 2 amide bonds. The highest BCUT2D eigenvalue weighted by Crippen LogP contribution is 2.42. The minimum Gasteiger partial charge on any atom is -0.465 e. The number of rotatable bonds is 3. The van der Waals surface area contributed by atoms with Gasteiger partial charge in [-0.1, -0.05) is 25.0 Å². The summed E-state index contributed by atoms with van der Waals surface area (Å²) in [6, 6.07) is 6.85. The number of hydrogen-bond donors (Lipinski definition) is 0. The Kier molecular flexibility index (Phi) is 4.20. The third-order valence-corrected chi connectivity index (χ3v) is 5.38. The van der Waals surface area contributed by atoms with Crippen LogP contribution in [0.4, 0.5) is 0 Å². The average Bonchev–Trinajstić information content (AvgIpc) is 2.80. The molecule has 1 aliphatic heterocycles. The normalized spacial score (nSPS) is 24.3. The second kappa shape index (κ2) is 6.12. The number of hydrogen-bond acceptors (Lipinski definition) is 5. The van der Waals surface area contributed by atoms with Gasteiger partial charge in [0.2, 0.25) is 11.8 Å². The van der Waals surface area contributed by atoms with Crippen LogP contribution in [-0.4, -0.2) is 29.2 Å². The van der Waals surface area contributed by atoms with E-state index in [-0.39, 0.29) is 23.7 Å². The summed E-state index contributed by atoms with van der Waals surface area (Å²) in [6.07, 6.45) is 3.56. The zero-order valence-electron chi connectivity index (χ0n) is 12.3. The summed E-state index contributed by atoms with van der Waals surface area (Å²) >= 11 is 1.04. The van der Waals surface area contributed by atoms with Gasteiger partial charge >= 0.3 is 5.97 Å². The molecule has 1 aromatic carbocycles. The Bertz CT molecular complexity index is 606. The summed E-state index contributed by atoms with van der Waals surface area (Å²) in [6.45, 7) is 0. The van der Waals surface area contributed by atoms with Crippen LogP contribution in [0.1, 0.15) is 36.0 Å². The molecule has 0 radical (unpaired) electrons. The van der Waals surface area contributed by atoms with E-state index in [0.29, 0.717) is 10.5 Å². The van der Waals surface area contributed by atoms with Gasteiger partial charge in [-0.2, -0.15) is 0 Å². The van der Waals surface area contributed by atoms with Crippen molar-refractivity contribution in [2.75, 3.05) is 7.11 Å². The molecule has 1 saturated carbocycles. The standard InChI is InChI=1S/C16H17NO4S/c1-21-16(20)12-8-4-5-9-13(12)22-17-14(18)10-6-2-3-7-11(10)15(17)19/h4-5,8-11H,2-3,6-7H2,1H3. The molecule has 0 bridgehead atoms. The fourth-order valence-corrected chi connectivity index (χ4v) is 4.18. The highest BCUT2D eigenvalue weighted by molar-refractivity contribution is 7.98. The fourth-order valence-electron chi connectivity index (χ4n) is 3.15. The highest BCUT2D eigenvalue weighted by Gasteiger charge is 2.48. The molecule has 1 aromatic rings. The van der Waals surface area contributed by atoms with Crippen LogP contribution >= 0.6 is 11.9 Å². The van der Waals surface area contributed by atoms with Gasteiger partial charge in [-0.05, 0) is 36.9 Å². The number of nitrogens with zero attached hydrogens (tertiary/aromatic N) is 1. The van der Waals surface area contributed by atoms with Crippen molar-refractivity contribution < 1.29 is 19.1 Å². The first-order valence-electron chi connectivity index (χ1n) is 7.36. The predicted octanol–water partition coefficient (Wildman–Crippen LogP) is 2.66. The van der Waals surface area contributed by atoms with Crippen LogP contribution in [0, 0.1) is 11.8 Å². The number of esters is 1. The van der Waals surface area contributed by atoms with E-state index in [0.717, 1.165) is 37.6 Å². The van der Waals surface area contributed by atoms with Crippen molar-refractivity contribution in [3.63, 3.8) is 0 Å². The number of methoxy groups -OCH3 is 1. The molecule has 2 unspecified atom stereocenters. The van der Waals surface area contributed by atoms with E-state index in [1.807, 2.05) is 0 Å². The topological polar surface area (TPSA) is 63.7 Å². The maximum absolute atomic E-state index is 12.5. The van der Waals surface area contributed by atoms with E-state index in [4.69, 9.17) is 4.74 Å². The molecule has 0 spiro atoms. The van der Waals surface area contributed by atoms with Crippen LogP contribution in [0.15, 0.2) is 29.2 Å². The summed E-state index contributed by atoms with van der Waals surface area (Å²) in [7, 11) is 1.31. The lowest BCUT2D eigenvalue weighted by Gasteiger charge is -2.19. The lowest BCUT2D eigenvalue weighted by atomic mass is 9.81. The Morgan fingerprint density at radius 3 is 2.32 bits per heavy atom. The predicted molar refractivity (Wildman–Crippen MR) is 80.9 cm³/mol. The third-order valence-electron chi connectivity index (χ3n) is 4.28. The summed E-state index contributed by atoms with van der Waals surface area (Å²) in [5.41, 5.74) is 0.366. The monoisotopic (exact) mass is 319 g/mol. The van der Waals surface area contributed by atoms with Gasteiger partial charge in [0.1, 0.15) is 0 Å². The molecule has 1 saturated heterocycles. The quantitative estimate of drug-likeness (QED) is 0.487. The van der Waals surface area contributed by atoms with Crippen LogP contribution in [-0.2, 0) is 14.3 Å². The third kappa shape index (κ3) is 2.52. The van der Waals surface area contributed by atoms with Crippen molar-refractivity contribution in [1.29, 1.82) is 0 Å². The Hall–Kier alpha value is -1.82. The Morgan fingerprint density at radius 1 is 1.14 bits per heavy atom. The molecule has 5 nitrogen and oxygen atoms in total. The second-order valence-corrected chi connectivity index (χ2v) is 6.53. The number of amides is 2. The minimum absolute atomic E-state index is 0.126. The first-order valence-corrected chi connectivity index (χ1v) is 8.14. The molecule has 2 fully saturated rings. The van der Waals surface area contributed by atoms with Gasteiger partial charge < -0.3 is 4.74 Å². The van der Waals surface area contributed by atoms with Crippen LogP contribution in [0.25, 0.3) is 0 Å². The van der Waals surface area contributed by atoms with Crippen LogP contribution in [0.2, 0.25) is 0 Å². The molecule has 2 aliphatic rings. The fraction of sp³-hybridized carbons (Fsp3) is 0.438. The van der Waals surface area contributed by atoms with Gasteiger partial charge in [-0.25, -0.2) is 9.10 Å². The number of ether oxygens (including phenoxy) is 1. The number of carbonyl (C=O) groups is 3. The first-order chi connectivity index (χ1) is 10.6. The number of fused-ring (bicyclic) bond motifs is 1. The van der Waals surface area contributed by atoms with Crippen molar-refractivity contribution in [2.24, 2.45) is 11.8 Å². The maximum Gasteiger partial charge on any atom is 0.339 e. The zero-order chi connectivity index (χ0) is 15.7. The van der Waals surface area contributed by atoms with E-state index < -0.39 is 5.97 Å². The van der Waals surface area contributed by atoms with Gasteiger partial charge in [-0.15, -0.1) is 0 Å². The lowest BCUT2D eigenvalue weighted by molar-refractivity contribution is -0.133. The second-order valence-electron chi connectivity index (χ2n) is 5.55. The molecule has 0 N–H and O–H groups in total. The van der Waals surface area contributed by atoms with E-state index >= 15 is 0 Å². The van der Waals surface area contributed by atoms with E-state index in [1.165, 1.54) is 11.4 Å². The van der Waals surface area contributed by atoms with Gasteiger partial charge in [0.25, 0.3) is 0 Å². The Balaban J connectivity index is 1.86. The van der Waals surface area contributed by atoms with Gasteiger partial charge in [0.15, 0.2) is 0 Å². The molecule has 116 valence electrons. The van der Waals surface area contributed by atoms with Crippen molar-refractivity contribution in [1.82, 2.24) is 4.31 Å². The van der Waals surface area contributed by atoms with Crippen molar-refractivity contribution in [3.05, 3.63) is 29.8 Å². The molecular formula is C16H17NO4S. The summed E-state index contributed by atoms with van der Waals surface area (Å²) in [5, 5.41) is 0. The highest BCUT2D eigenvalue weighted by atomic mass is 32.2. The molecule has 2 atom stereocenters. The summed E-state index contributed by atoms with van der Waals surface area (Å²) in [5.74, 6) is -1.09. The van der Waals surface area contributed by atoms with E-state index in [1.54, 1.807) is 24.3 Å². The molecule has 3 rings (SSSR count). The molecule has 22 heavy (non-hydrogen) atoms. The lowest BCUT2D eigenvalue weighted by Crippen LogP contribution is -2.24. The molecule has 0 aromatic heterocycles. The van der Waals surface area contributed by atoms with Crippen molar-refractivity contribution >= 4 is 29.7 Å². The molecule has 6 heteroatoms. The Morgan fingerprint density at radius 2 is 1.73 bits per heavy atom. The first kappa shape index (κ1) is 15.1. The van der Waals surface area contributed by atoms with Crippen molar-refractivity contribution in [3.8, 4) is 0 Å². The zero-order valence-corrected chi connectivity index (χ0v) is 13.1. The van der Waals surface area contributed by atoms with Crippen LogP contribution in [0.5, 0.6) is 0 Å². The molecular weight excluding hydrogens is 302 g/mol.